The van der Waals surface area contributed by atoms with Crippen LogP contribution in [0.15, 0.2) is 24.3 Å². The van der Waals surface area contributed by atoms with Crippen molar-refractivity contribution < 1.29 is 0 Å². The van der Waals surface area contributed by atoms with Crippen molar-refractivity contribution in [3.63, 3.8) is 0 Å². The standard InChI is InChI=1S/C12H13N/c1-12(9-13)8-4-6-10-5-2-3-7-11(10)12/h2-3,5,7H,4,6,8H2,1H3. The molecule has 0 radical (unpaired) electrons. The molecule has 1 aromatic rings. The van der Waals surface area contributed by atoms with Gasteiger partial charge in [0.25, 0.3) is 0 Å². The fourth-order valence-electron chi connectivity index (χ4n) is 2.16. The molecule has 0 spiro atoms. The van der Waals surface area contributed by atoms with Crippen LogP contribution in [0.2, 0.25) is 0 Å². The molecule has 0 amide bonds. The lowest BCUT2D eigenvalue weighted by Gasteiger charge is -2.29. The maximum absolute atomic E-state index is 9.15. The Bertz CT molecular complexity index is 362. The molecule has 1 heteroatoms. The van der Waals surface area contributed by atoms with Gasteiger partial charge in [0.2, 0.25) is 0 Å². The van der Waals surface area contributed by atoms with Crippen LogP contribution in [0, 0.1) is 11.3 Å². The molecular formula is C12H13N. The molecule has 0 aromatic heterocycles. The van der Waals surface area contributed by atoms with Crippen molar-refractivity contribution in [3.05, 3.63) is 35.4 Å². The van der Waals surface area contributed by atoms with Crippen LogP contribution in [-0.4, -0.2) is 0 Å². The Labute approximate surface area is 79.0 Å². The van der Waals surface area contributed by atoms with E-state index in [1.165, 1.54) is 11.1 Å². The van der Waals surface area contributed by atoms with Gasteiger partial charge in [-0.05, 0) is 37.3 Å². The van der Waals surface area contributed by atoms with Crippen LogP contribution in [0.5, 0.6) is 0 Å². The summed E-state index contributed by atoms with van der Waals surface area (Å²) >= 11 is 0. The normalized spacial score (nSPS) is 26.2. The summed E-state index contributed by atoms with van der Waals surface area (Å²) in [6.45, 7) is 2.05. The van der Waals surface area contributed by atoms with Crippen LogP contribution in [0.1, 0.15) is 30.9 Å². The van der Waals surface area contributed by atoms with Crippen molar-refractivity contribution in [1.82, 2.24) is 0 Å². The number of aryl methyl sites for hydroxylation is 1. The topological polar surface area (TPSA) is 23.8 Å². The molecule has 0 saturated carbocycles. The quantitative estimate of drug-likeness (QED) is 0.588. The monoisotopic (exact) mass is 171 g/mol. The summed E-state index contributed by atoms with van der Waals surface area (Å²) in [7, 11) is 0. The number of hydrogen-bond donors (Lipinski definition) is 0. The molecular weight excluding hydrogens is 158 g/mol. The smallest absolute Gasteiger partial charge is 0.0797 e. The zero-order valence-corrected chi connectivity index (χ0v) is 7.88. The van der Waals surface area contributed by atoms with E-state index in [0.29, 0.717) is 0 Å². The van der Waals surface area contributed by atoms with Gasteiger partial charge >= 0.3 is 0 Å². The second-order valence-corrected chi connectivity index (χ2v) is 3.95. The van der Waals surface area contributed by atoms with Crippen LogP contribution < -0.4 is 0 Å². The molecule has 0 bridgehead atoms. The highest BCUT2D eigenvalue weighted by Gasteiger charge is 2.31. The molecule has 0 fully saturated rings. The maximum atomic E-state index is 9.15. The molecule has 1 nitrogen and oxygen atoms in total. The van der Waals surface area contributed by atoms with Crippen LogP contribution in [-0.2, 0) is 11.8 Å². The molecule has 13 heavy (non-hydrogen) atoms. The van der Waals surface area contributed by atoms with Crippen molar-refractivity contribution in [2.75, 3.05) is 0 Å². The van der Waals surface area contributed by atoms with E-state index in [4.69, 9.17) is 5.26 Å². The average Bonchev–Trinajstić information content (AvgIpc) is 2.19. The molecule has 1 aromatic carbocycles. The summed E-state index contributed by atoms with van der Waals surface area (Å²) in [5.41, 5.74) is 2.36. The second kappa shape index (κ2) is 2.88. The van der Waals surface area contributed by atoms with E-state index < -0.39 is 0 Å². The Hall–Kier alpha value is -1.29. The summed E-state index contributed by atoms with van der Waals surface area (Å²) in [4.78, 5) is 0. The Morgan fingerprint density at radius 2 is 2.15 bits per heavy atom. The molecule has 0 heterocycles. The fraction of sp³-hybridized carbons (Fsp3) is 0.417. The minimum absolute atomic E-state index is 0.241. The van der Waals surface area contributed by atoms with Crippen molar-refractivity contribution in [2.45, 2.75) is 31.6 Å². The van der Waals surface area contributed by atoms with Crippen LogP contribution >= 0.6 is 0 Å². The molecule has 0 N–H and O–H groups in total. The lowest BCUT2D eigenvalue weighted by Crippen LogP contribution is -2.25. The van der Waals surface area contributed by atoms with E-state index in [9.17, 15) is 0 Å². The third kappa shape index (κ3) is 1.23. The summed E-state index contributed by atoms with van der Waals surface area (Å²) in [6, 6.07) is 10.8. The van der Waals surface area contributed by atoms with Crippen molar-refractivity contribution in [2.24, 2.45) is 0 Å². The van der Waals surface area contributed by atoms with Gasteiger partial charge in [0.15, 0.2) is 0 Å². The molecule has 1 aliphatic rings. The zero-order chi connectivity index (χ0) is 9.31. The number of nitriles is 1. The van der Waals surface area contributed by atoms with Gasteiger partial charge in [0.1, 0.15) is 0 Å². The lowest BCUT2D eigenvalue weighted by molar-refractivity contribution is 0.492. The Kier molecular flexibility index (Phi) is 1.84. The van der Waals surface area contributed by atoms with E-state index in [2.05, 4.69) is 24.3 Å². The van der Waals surface area contributed by atoms with E-state index in [1.54, 1.807) is 0 Å². The number of rotatable bonds is 0. The predicted molar refractivity (Wildman–Crippen MR) is 52.3 cm³/mol. The number of benzene rings is 1. The average molecular weight is 171 g/mol. The van der Waals surface area contributed by atoms with E-state index >= 15 is 0 Å². The van der Waals surface area contributed by atoms with E-state index in [1.807, 2.05) is 13.0 Å². The first kappa shape index (κ1) is 8.31. The second-order valence-electron chi connectivity index (χ2n) is 3.95. The first-order valence-corrected chi connectivity index (χ1v) is 4.76. The highest BCUT2D eigenvalue weighted by molar-refractivity contribution is 5.40. The van der Waals surface area contributed by atoms with E-state index in [0.717, 1.165) is 19.3 Å². The zero-order valence-electron chi connectivity index (χ0n) is 7.88. The molecule has 1 unspecified atom stereocenters. The molecule has 2 rings (SSSR count). The number of fused-ring (bicyclic) bond motifs is 1. The van der Waals surface area contributed by atoms with Crippen LogP contribution in [0.4, 0.5) is 0 Å². The minimum Gasteiger partial charge on any atom is -0.197 e. The molecule has 66 valence electrons. The molecule has 1 atom stereocenters. The molecule has 1 aliphatic carbocycles. The Morgan fingerprint density at radius 3 is 2.92 bits per heavy atom. The number of nitrogens with zero attached hydrogens (tertiary/aromatic N) is 1. The van der Waals surface area contributed by atoms with Gasteiger partial charge in [-0.15, -0.1) is 0 Å². The van der Waals surface area contributed by atoms with Gasteiger partial charge < -0.3 is 0 Å². The molecule has 0 aliphatic heterocycles. The summed E-state index contributed by atoms with van der Waals surface area (Å²) in [5, 5.41) is 9.15. The van der Waals surface area contributed by atoms with Crippen molar-refractivity contribution in [1.29, 1.82) is 5.26 Å². The van der Waals surface area contributed by atoms with Crippen molar-refractivity contribution >= 4 is 0 Å². The van der Waals surface area contributed by atoms with Crippen molar-refractivity contribution in [3.8, 4) is 6.07 Å². The third-order valence-corrected chi connectivity index (χ3v) is 2.98. The summed E-state index contributed by atoms with van der Waals surface area (Å²) < 4.78 is 0. The third-order valence-electron chi connectivity index (χ3n) is 2.98. The largest absolute Gasteiger partial charge is 0.197 e. The SMILES string of the molecule is CC1(C#N)CCCc2ccccc21. The predicted octanol–water partition coefficient (Wildman–Crippen LogP) is 2.80. The van der Waals surface area contributed by atoms with Crippen LogP contribution in [0.3, 0.4) is 0 Å². The van der Waals surface area contributed by atoms with Gasteiger partial charge in [-0.25, -0.2) is 0 Å². The first-order valence-electron chi connectivity index (χ1n) is 4.76. The van der Waals surface area contributed by atoms with Crippen LogP contribution in [0.25, 0.3) is 0 Å². The van der Waals surface area contributed by atoms with Gasteiger partial charge in [-0.3, -0.25) is 0 Å². The minimum atomic E-state index is -0.241. The fourth-order valence-corrected chi connectivity index (χ4v) is 2.16. The maximum Gasteiger partial charge on any atom is 0.0797 e. The van der Waals surface area contributed by atoms with Gasteiger partial charge in [-0.1, -0.05) is 24.3 Å². The Balaban J connectivity index is 2.56. The first-order chi connectivity index (χ1) is 6.26. The Morgan fingerprint density at radius 1 is 1.38 bits per heavy atom. The van der Waals surface area contributed by atoms with E-state index in [-0.39, 0.29) is 5.41 Å². The van der Waals surface area contributed by atoms with Gasteiger partial charge in [0.05, 0.1) is 11.5 Å². The lowest BCUT2D eigenvalue weighted by atomic mass is 9.72. The molecule has 0 saturated heterocycles. The number of hydrogen-bond acceptors (Lipinski definition) is 1. The van der Waals surface area contributed by atoms with Gasteiger partial charge in [0, 0.05) is 0 Å². The van der Waals surface area contributed by atoms with Gasteiger partial charge in [-0.2, -0.15) is 5.26 Å². The summed E-state index contributed by atoms with van der Waals surface area (Å²) in [6.07, 6.45) is 3.27. The summed E-state index contributed by atoms with van der Waals surface area (Å²) in [5.74, 6) is 0. The highest BCUT2D eigenvalue weighted by atomic mass is 14.4. The highest BCUT2D eigenvalue weighted by Crippen LogP contribution is 2.36.